The van der Waals surface area contributed by atoms with Gasteiger partial charge in [0, 0.05) is 18.2 Å². The van der Waals surface area contributed by atoms with Gasteiger partial charge < -0.3 is 20.5 Å². The molecule has 8 heteroatoms. The lowest BCUT2D eigenvalue weighted by molar-refractivity contribution is -0.123. The van der Waals surface area contributed by atoms with E-state index in [1.54, 1.807) is 13.8 Å². The fourth-order valence-corrected chi connectivity index (χ4v) is 4.09. The second-order valence-electron chi connectivity index (χ2n) is 9.02. The first kappa shape index (κ1) is 23.9. The summed E-state index contributed by atoms with van der Waals surface area (Å²) in [6.07, 6.45) is -0.649. The molecular weight excluding hydrogens is 451 g/mol. The van der Waals surface area contributed by atoms with Gasteiger partial charge in [0.1, 0.15) is 12.4 Å². The topological polar surface area (TPSA) is 105 Å². The Balaban J connectivity index is 1.33. The maximum absolute atomic E-state index is 13.9. The standard InChI is InChI=1S/C27H25FN2O5/c1-27(2,25(33)30-16-11-12-21(24(31)32)23(28)13-16)15-29-26(34)35-14-22-19-9-5-3-7-17(19)18-8-4-6-10-20(18)22/h3-13,22H,14-15H2,1-2H3,(H,29,34)(H,30,33)(H,31,32). The predicted molar refractivity (Wildman–Crippen MR) is 129 cm³/mol. The van der Waals surface area contributed by atoms with E-state index in [0.717, 1.165) is 34.4 Å². The summed E-state index contributed by atoms with van der Waals surface area (Å²) in [7, 11) is 0. The molecule has 180 valence electrons. The van der Waals surface area contributed by atoms with Crippen molar-refractivity contribution in [1.82, 2.24) is 5.32 Å². The highest BCUT2D eigenvalue weighted by Crippen LogP contribution is 2.44. The minimum Gasteiger partial charge on any atom is -0.478 e. The van der Waals surface area contributed by atoms with E-state index in [9.17, 15) is 18.8 Å². The molecule has 1 aliphatic rings. The SMILES string of the molecule is CC(C)(CNC(=O)OCC1c2ccccc2-c2ccccc21)C(=O)Nc1ccc(C(=O)O)c(F)c1. The van der Waals surface area contributed by atoms with Gasteiger partial charge in [0.15, 0.2) is 0 Å². The molecule has 3 aromatic rings. The van der Waals surface area contributed by atoms with Gasteiger partial charge in [-0.1, -0.05) is 48.5 Å². The van der Waals surface area contributed by atoms with Crippen LogP contribution in [-0.4, -0.2) is 36.2 Å². The van der Waals surface area contributed by atoms with Gasteiger partial charge in [-0.25, -0.2) is 14.0 Å². The molecule has 3 N–H and O–H groups in total. The number of aromatic carboxylic acids is 1. The van der Waals surface area contributed by atoms with E-state index >= 15 is 0 Å². The van der Waals surface area contributed by atoms with E-state index in [-0.39, 0.29) is 24.8 Å². The van der Waals surface area contributed by atoms with Crippen molar-refractivity contribution in [2.75, 3.05) is 18.5 Å². The molecule has 1 aliphatic carbocycles. The van der Waals surface area contributed by atoms with Crippen LogP contribution < -0.4 is 10.6 Å². The number of hydrogen-bond donors (Lipinski definition) is 3. The monoisotopic (exact) mass is 476 g/mol. The molecule has 3 aromatic carbocycles. The number of rotatable bonds is 7. The first-order chi connectivity index (χ1) is 16.7. The maximum atomic E-state index is 13.9. The minimum absolute atomic E-state index is 0.0226. The lowest BCUT2D eigenvalue weighted by Crippen LogP contribution is -2.42. The molecular formula is C27H25FN2O5. The molecule has 35 heavy (non-hydrogen) atoms. The number of carboxylic acids is 1. The summed E-state index contributed by atoms with van der Waals surface area (Å²) in [6.45, 7) is 3.37. The number of amides is 2. The molecule has 0 atom stereocenters. The normalized spacial score (nSPS) is 12.4. The lowest BCUT2D eigenvalue weighted by atomic mass is 9.92. The van der Waals surface area contributed by atoms with E-state index < -0.39 is 34.8 Å². The van der Waals surface area contributed by atoms with Crippen LogP contribution in [0, 0.1) is 11.2 Å². The van der Waals surface area contributed by atoms with Gasteiger partial charge in [0.05, 0.1) is 11.0 Å². The number of anilines is 1. The van der Waals surface area contributed by atoms with Crippen molar-refractivity contribution in [3.63, 3.8) is 0 Å². The van der Waals surface area contributed by atoms with Crippen LogP contribution in [0.2, 0.25) is 0 Å². The number of alkyl carbamates (subject to hydrolysis) is 1. The molecule has 0 aromatic heterocycles. The number of hydrogen-bond acceptors (Lipinski definition) is 4. The van der Waals surface area contributed by atoms with Gasteiger partial charge in [0.25, 0.3) is 0 Å². The van der Waals surface area contributed by atoms with E-state index in [1.165, 1.54) is 6.07 Å². The molecule has 0 saturated heterocycles. The molecule has 0 radical (unpaired) electrons. The summed E-state index contributed by atoms with van der Waals surface area (Å²) in [5.74, 6) is -2.90. The lowest BCUT2D eigenvalue weighted by Gasteiger charge is -2.24. The van der Waals surface area contributed by atoms with Crippen molar-refractivity contribution in [1.29, 1.82) is 0 Å². The summed E-state index contributed by atoms with van der Waals surface area (Å²) in [5, 5.41) is 14.1. The van der Waals surface area contributed by atoms with Crippen LogP contribution in [0.15, 0.2) is 66.7 Å². The largest absolute Gasteiger partial charge is 0.478 e. The molecule has 4 rings (SSSR count). The van der Waals surface area contributed by atoms with Crippen LogP contribution in [0.3, 0.4) is 0 Å². The van der Waals surface area contributed by atoms with Gasteiger partial charge in [-0.15, -0.1) is 0 Å². The molecule has 0 fully saturated rings. The fraction of sp³-hybridized carbons (Fsp3) is 0.222. The van der Waals surface area contributed by atoms with Crippen molar-refractivity contribution >= 4 is 23.7 Å². The highest BCUT2D eigenvalue weighted by atomic mass is 19.1. The second-order valence-corrected chi connectivity index (χ2v) is 9.02. The van der Waals surface area contributed by atoms with Crippen LogP contribution in [0.5, 0.6) is 0 Å². The first-order valence-corrected chi connectivity index (χ1v) is 11.1. The Morgan fingerprint density at radius 1 is 0.971 bits per heavy atom. The van der Waals surface area contributed by atoms with Crippen molar-refractivity contribution in [3.8, 4) is 11.1 Å². The van der Waals surface area contributed by atoms with Gasteiger partial charge in [0.2, 0.25) is 5.91 Å². The number of carboxylic acid groups (broad SMARTS) is 1. The van der Waals surface area contributed by atoms with Crippen molar-refractivity contribution in [3.05, 3.63) is 89.2 Å². The third kappa shape index (κ3) is 5.01. The van der Waals surface area contributed by atoms with Crippen LogP contribution in [0.25, 0.3) is 11.1 Å². The zero-order chi connectivity index (χ0) is 25.2. The van der Waals surface area contributed by atoms with Gasteiger partial charge in [-0.3, -0.25) is 4.79 Å². The smallest absolute Gasteiger partial charge is 0.407 e. The Bertz CT molecular complexity index is 1260. The zero-order valence-electron chi connectivity index (χ0n) is 19.3. The Labute approximate surface area is 201 Å². The third-order valence-corrected chi connectivity index (χ3v) is 6.09. The Morgan fingerprint density at radius 3 is 2.14 bits per heavy atom. The first-order valence-electron chi connectivity index (χ1n) is 11.1. The predicted octanol–water partition coefficient (Wildman–Crippen LogP) is 5.03. The molecule has 0 bridgehead atoms. The highest BCUT2D eigenvalue weighted by Gasteiger charge is 2.31. The highest BCUT2D eigenvalue weighted by molar-refractivity contribution is 5.96. The quantitative estimate of drug-likeness (QED) is 0.444. The Kier molecular flexibility index (Phi) is 6.55. The number of ether oxygens (including phenoxy) is 1. The molecule has 0 unspecified atom stereocenters. The van der Waals surface area contributed by atoms with E-state index in [2.05, 4.69) is 22.8 Å². The summed E-state index contributed by atoms with van der Waals surface area (Å²) in [5.41, 5.74) is 3.04. The number of carbonyl (C=O) groups is 3. The molecule has 0 spiro atoms. The van der Waals surface area contributed by atoms with E-state index in [1.807, 2.05) is 36.4 Å². The van der Waals surface area contributed by atoms with Crippen LogP contribution in [-0.2, 0) is 9.53 Å². The van der Waals surface area contributed by atoms with Crippen LogP contribution >= 0.6 is 0 Å². The zero-order valence-corrected chi connectivity index (χ0v) is 19.3. The molecule has 7 nitrogen and oxygen atoms in total. The minimum atomic E-state index is -1.40. The van der Waals surface area contributed by atoms with Gasteiger partial charge >= 0.3 is 12.1 Å². The summed E-state index contributed by atoms with van der Waals surface area (Å²) in [4.78, 5) is 36.0. The van der Waals surface area contributed by atoms with Gasteiger partial charge in [-0.05, 0) is 54.3 Å². The molecule has 0 aliphatic heterocycles. The van der Waals surface area contributed by atoms with Gasteiger partial charge in [-0.2, -0.15) is 0 Å². The second kappa shape index (κ2) is 9.58. The fourth-order valence-electron chi connectivity index (χ4n) is 4.09. The molecule has 0 heterocycles. The van der Waals surface area contributed by atoms with E-state index in [0.29, 0.717) is 0 Å². The van der Waals surface area contributed by atoms with Crippen molar-refractivity contribution in [2.24, 2.45) is 5.41 Å². The summed E-state index contributed by atoms with van der Waals surface area (Å²) < 4.78 is 19.4. The Hall–Kier alpha value is -4.20. The molecule has 2 amide bonds. The van der Waals surface area contributed by atoms with Crippen LogP contribution in [0.4, 0.5) is 14.9 Å². The van der Waals surface area contributed by atoms with Crippen molar-refractivity contribution in [2.45, 2.75) is 19.8 Å². The number of benzene rings is 3. The summed E-state index contributed by atoms with van der Waals surface area (Å²) >= 11 is 0. The number of carbonyl (C=O) groups excluding carboxylic acids is 2. The summed E-state index contributed by atoms with van der Waals surface area (Å²) in [6, 6.07) is 19.4. The average molecular weight is 477 g/mol. The van der Waals surface area contributed by atoms with E-state index in [4.69, 9.17) is 9.84 Å². The van der Waals surface area contributed by atoms with Crippen molar-refractivity contribution < 1.29 is 28.6 Å². The van der Waals surface area contributed by atoms with Crippen LogP contribution in [0.1, 0.15) is 41.3 Å². The Morgan fingerprint density at radius 2 is 1.57 bits per heavy atom. The number of halogens is 1. The molecule has 0 saturated carbocycles. The maximum Gasteiger partial charge on any atom is 0.407 e. The average Bonchev–Trinajstić information content (AvgIpc) is 3.15. The number of fused-ring (bicyclic) bond motifs is 3. The number of nitrogens with one attached hydrogen (secondary N) is 2. The third-order valence-electron chi connectivity index (χ3n) is 6.09.